The van der Waals surface area contributed by atoms with Gasteiger partial charge in [0.1, 0.15) is 11.6 Å². The second-order valence-electron chi connectivity index (χ2n) is 7.24. The highest BCUT2D eigenvalue weighted by atomic mass is 32.2. The molecule has 2 aliphatic rings. The highest BCUT2D eigenvalue weighted by Crippen LogP contribution is 2.46. The Balaban J connectivity index is 1.40. The van der Waals surface area contributed by atoms with Crippen LogP contribution in [0.3, 0.4) is 0 Å². The molecule has 0 aliphatic heterocycles. The lowest BCUT2D eigenvalue weighted by Crippen LogP contribution is -2.31. The molecule has 1 aromatic heterocycles. The fraction of sp³-hybridized carbons (Fsp3) is 0.526. The van der Waals surface area contributed by atoms with Gasteiger partial charge in [-0.2, -0.15) is 0 Å². The quantitative estimate of drug-likeness (QED) is 0.689. The van der Waals surface area contributed by atoms with E-state index in [0.717, 1.165) is 16.5 Å². The molecule has 2 fully saturated rings. The van der Waals surface area contributed by atoms with Crippen molar-refractivity contribution in [1.82, 2.24) is 19.7 Å². The first-order valence-corrected chi connectivity index (χ1v) is 10.1. The molecule has 7 heteroatoms. The van der Waals surface area contributed by atoms with Crippen LogP contribution in [-0.4, -0.2) is 38.4 Å². The molecule has 0 saturated heterocycles. The first kappa shape index (κ1) is 17.5. The van der Waals surface area contributed by atoms with Crippen molar-refractivity contribution in [2.45, 2.75) is 55.8 Å². The minimum absolute atomic E-state index is 0.0325. The van der Waals surface area contributed by atoms with Gasteiger partial charge in [0.25, 0.3) is 0 Å². The number of benzene rings is 1. The van der Waals surface area contributed by atoms with Gasteiger partial charge in [0.05, 0.1) is 11.8 Å². The summed E-state index contributed by atoms with van der Waals surface area (Å²) in [5.74, 6) is 1.77. The standard InChI is InChI=1S/C19H23FN4OS/c1-12(13-5-7-15(20)8-6-13)23(2)17(25)11-26-19-22-21-18(14-3-4-14)24(19)16-9-10-16/h5-8,12,14,16H,3-4,9-11H2,1-2H3. The SMILES string of the molecule is CC(c1ccc(F)cc1)N(C)C(=O)CSc1nnc(C2CC2)n1C1CC1. The van der Waals surface area contributed by atoms with Crippen molar-refractivity contribution >= 4 is 17.7 Å². The maximum absolute atomic E-state index is 13.1. The molecule has 0 N–H and O–H groups in total. The molecular formula is C19H23FN4OS. The molecule has 2 aromatic rings. The van der Waals surface area contributed by atoms with Gasteiger partial charge in [-0.05, 0) is 50.3 Å². The predicted octanol–water partition coefficient (Wildman–Crippen LogP) is 3.94. The minimum atomic E-state index is -0.267. The van der Waals surface area contributed by atoms with Crippen LogP contribution in [0.4, 0.5) is 4.39 Å². The zero-order chi connectivity index (χ0) is 18.3. The van der Waals surface area contributed by atoms with Crippen LogP contribution < -0.4 is 0 Å². The van der Waals surface area contributed by atoms with Crippen molar-refractivity contribution in [3.63, 3.8) is 0 Å². The number of hydrogen-bond acceptors (Lipinski definition) is 4. The van der Waals surface area contributed by atoms with Crippen molar-refractivity contribution in [3.05, 3.63) is 41.5 Å². The summed E-state index contributed by atoms with van der Waals surface area (Å²) in [4.78, 5) is 14.3. The molecule has 2 aliphatic carbocycles. The number of aromatic nitrogens is 3. The van der Waals surface area contributed by atoms with Crippen molar-refractivity contribution in [2.24, 2.45) is 0 Å². The van der Waals surface area contributed by atoms with Crippen LogP contribution in [-0.2, 0) is 4.79 Å². The molecule has 26 heavy (non-hydrogen) atoms. The summed E-state index contributed by atoms with van der Waals surface area (Å²) in [7, 11) is 1.79. The van der Waals surface area contributed by atoms with Gasteiger partial charge < -0.3 is 9.47 Å². The zero-order valence-electron chi connectivity index (χ0n) is 15.1. The highest BCUT2D eigenvalue weighted by molar-refractivity contribution is 7.99. The Kier molecular flexibility index (Phi) is 4.73. The third kappa shape index (κ3) is 3.63. The Morgan fingerprint density at radius 3 is 2.58 bits per heavy atom. The lowest BCUT2D eigenvalue weighted by Gasteiger charge is -2.25. The van der Waals surface area contributed by atoms with Gasteiger partial charge in [-0.15, -0.1) is 10.2 Å². The summed E-state index contributed by atoms with van der Waals surface area (Å²) in [5.41, 5.74) is 0.921. The third-order valence-electron chi connectivity index (χ3n) is 5.20. The van der Waals surface area contributed by atoms with Crippen LogP contribution >= 0.6 is 11.8 Å². The monoisotopic (exact) mass is 374 g/mol. The molecular weight excluding hydrogens is 351 g/mol. The molecule has 4 rings (SSSR count). The number of halogens is 1. The summed E-state index contributed by atoms with van der Waals surface area (Å²) in [6, 6.07) is 6.72. The van der Waals surface area contributed by atoms with E-state index < -0.39 is 0 Å². The number of carbonyl (C=O) groups excluding carboxylic acids is 1. The van der Waals surface area contributed by atoms with E-state index in [1.807, 2.05) is 6.92 Å². The summed E-state index contributed by atoms with van der Waals surface area (Å²) in [6.45, 7) is 1.95. The number of carbonyl (C=O) groups is 1. The van der Waals surface area contributed by atoms with E-state index in [4.69, 9.17) is 0 Å². The smallest absolute Gasteiger partial charge is 0.233 e. The van der Waals surface area contributed by atoms with E-state index in [9.17, 15) is 9.18 Å². The van der Waals surface area contributed by atoms with Gasteiger partial charge in [-0.25, -0.2) is 4.39 Å². The molecule has 1 amide bonds. The molecule has 1 heterocycles. The summed E-state index contributed by atoms with van der Waals surface area (Å²) < 4.78 is 15.4. The van der Waals surface area contributed by atoms with Gasteiger partial charge in [0.2, 0.25) is 5.91 Å². The Labute approximate surface area is 157 Å². The first-order chi connectivity index (χ1) is 12.5. The molecule has 0 radical (unpaired) electrons. The average molecular weight is 374 g/mol. The maximum atomic E-state index is 13.1. The average Bonchev–Trinajstić information content (AvgIpc) is 3.57. The van der Waals surface area contributed by atoms with Gasteiger partial charge in [0, 0.05) is 19.0 Å². The van der Waals surface area contributed by atoms with Gasteiger partial charge in [-0.1, -0.05) is 23.9 Å². The van der Waals surface area contributed by atoms with E-state index >= 15 is 0 Å². The predicted molar refractivity (Wildman–Crippen MR) is 98.6 cm³/mol. The Morgan fingerprint density at radius 1 is 1.27 bits per heavy atom. The first-order valence-electron chi connectivity index (χ1n) is 9.13. The molecule has 138 valence electrons. The third-order valence-corrected chi connectivity index (χ3v) is 6.12. The normalized spacial score (nSPS) is 18.0. The molecule has 5 nitrogen and oxygen atoms in total. The van der Waals surface area contributed by atoms with Crippen LogP contribution in [0, 0.1) is 5.82 Å². The van der Waals surface area contributed by atoms with Crippen molar-refractivity contribution in [3.8, 4) is 0 Å². The molecule has 1 unspecified atom stereocenters. The van der Waals surface area contributed by atoms with Crippen molar-refractivity contribution in [1.29, 1.82) is 0 Å². The minimum Gasteiger partial charge on any atom is -0.338 e. The highest BCUT2D eigenvalue weighted by Gasteiger charge is 2.36. The molecule has 2 saturated carbocycles. The Hall–Kier alpha value is -1.89. The number of amides is 1. The van der Waals surface area contributed by atoms with Crippen LogP contribution in [0.1, 0.15) is 62.0 Å². The van der Waals surface area contributed by atoms with Gasteiger partial charge in [-0.3, -0.25) is 4.79 Å². The lowest BCUT2D eigenvalue weighted by atomic mass is 10.1. The number of hydrogen-bond donors (Lipinski definition) is 0. The Bertz CT molecular complexity index is 798. The number of nitrogens with zero attached hydrogens (tertiary/aromatic N) is 4. The molecule has 1 atom stereocenters. The van der Waals surface area contributed by atoms with Crippen LogP contribution in [0.25, 0.3) is 0 Å². The van der Waals surface area contributed by atoms with E-state index in [0.29, 0.717) is 17.7 Å². The molecule has 0 bridgehead atoms. The largest absolute Gasteiger partial charge is 0.338 e. The van der Waals surface area contributed by atoms with Gasteiger partial charge >= 0.3 is 0 Å². The summed E-state index contributed by atoms with van der Waals surface area (Å²) in [5, 5.41) is 9.60. The lowest BCUT2D eigenvalue weighted by molar-refractivity contribution is -0.128. The molecule has 0 spiro atoms. The fourth-order valence-corrected chi connectivity index (χ4v) is 4.03. The fourth-order valence-electron chi connectivity index (χ4n) is 3.09. The topological polar surface area (TPSA) is 51.0 Å². The van der Waals surface area contributed by atoms with Crippen molar-refractivity contribution in [2.75, 3.05) is 12.8 Å². The van der Waals surface area contributed by atoms with Crippen molar-refractivity contribution < 1.29 is 9.18 Å². The summed E-state index contributed by atoms with van der Waals surface area (Å²) >= 11 is 1.47. The second-order valence-corrected chi connectivity index (χ2v) is 8.18. The second kappa shape index (κ2) is 7.02. The maximum Gasteiger partial charge on any atom is 0.233 e. The van der Waals surface area contributed by atoms with E-state index in [2.05, 4.69) is 14.8 Å². The Morgan fingerprint density at radius 2 is 1.96 bits per heavy atom. The number of rotatable bonds is 7. The molecule has 1 aromatic carbocycles. The zero-order valence-corrected chi connectivity index (χ0v) is 15.9. The number of thioether (sulfide) groups is 1. The van der Waals surface area contributed by atoms with E-state index in [1.165, 1.54) is 49.6 Å². The van der Waals surface area contributed by atoms with Crippen LogP contribution in [0.15, 0.2) is 29.4 Å². The van der Waals surface area contributed by atoms with Gasteiger partial charge in [0.15, 0.2) is 5.16 Å². The van der Waals surface area contributed by atoms with Crippen LogP contribution in [0.5, 0.6) is 0 Å². The van der Waals surface area contributed by atoms with E-state index in [1.54, 1.807) is 24.1 Å². The van der Waals surface area contributed by atoms with Crippen LogP contribution in [0.2, 0.25) is 0 Å². The van der Waals surface area contributed by atoms with E-state index in [-0.39, 0.29) is 17.8 Å². The summed E-state index contributed by atoms with van der Waals surface area (Å²) in [6.07, 6.45) is 4.76.